The highest BCUT2D eigenvalue weighted by molar-refractivity contribution is 6.31. The summed E-state index contributed by atoms with van der Waals surface area (Å²) < 4.78 is 2.33. The molecule has 0 spiro atoms. The van der Waals surface area contributed by atoms with Crippen molar-refractivity contribution in [3.63, 3.8) is 0 Å². The van der Waals surface area contributed by atoms with Crippen LogP contribution in [0, 0.1) is 11.3 Å². The first-order chi connectivity index (χ1) is 28.2. The Kier molecular flexibility index (Phi) is 6.66. The van der Waals surface area contributed by atoms with Gasteiger partial charge in [-0.05, 0) is 91.3 Å². The monoisotopic (exact) mass is 722 g/mol. The van der Waals surface area contributed by atoms with Crippen LogP contribution < -0.4 is 0 Å². The second kappa shape index (κ2) is 12.1. The fourth-order valence-corrected chi connectivity index (χ4v) is 9.26. The highest BCUT2D eigenvalue weighted by Gasteiger charge is 2.22. The van der Waals surface area contributed by atoms with E-state index >= 15 is 0 Å². The first-order valence-corrected chi connectivity index (χ1v) is 19.2. The van der Waals surface area contributed by atoms with Gasteiger partial charge in [0.1, 0.15) is 0 Å². The third-order valence-corrected chi connectivity index (χ3v) is 11.8. The van der Waals surface area contributed by atoms with Crippen LogP contribution in [0.25, 0.3) is 116 Å². The standard InChI is InChI=1S/C53H30N4/c54-31-36-20-28-47-51-38(36)25-26-42-40(27-29-48(52(42)51)57(47)37-14-8-3-9-15-37)39-21-16-34-18-23-43-44(24-19-35-17-22-41(39)49(34)50(35)43)53-55-45(32-10-4-1-5-11-32)30-46(56-53)33-12-6-2-7-13-33/h1-30H. The van der Waals surface area contributed by atoms with Crippen LogP contribution in [0.4, 0.5) is 0 Å². The molecule has 2 aromatic heterocycles. The molecule has 0 bridgehead atoms. The van der Waals surface area contributed by atoms with Crippen LogP contribution in [0.2, 0.25) is 0 Å². The lowest BCUT2D eigenvalue weighted by molar-refractivity contribution is 1.18. The van der Waals surface area contributed by atoms with Gasteiger partial charge in [-0.1, -0.05) is 140 Å². The minimum Gasteiger partial charge on any atom is -0.309 e. The molecule has 0 aliphatic rings. The molecule has 0 unspecified atom stereocenters. The lowest BCUT2D eigenvalue weighted by Crippen LogP contribution is -1.97. The Hall–Kier alpha value is -7.87. The third kappa shape index (κ3) is 4.61. The lowest BCUT2D eigenvalue weighted by atomic mass is 9.86. The molecular weight excluding hydrogens is 693 g/mol. The summed E-state index contributed by atoms with van der Waals surface area (Å²) in [4.78, 5) is 10.4. The first-order valence-electron chi connectivity index (χ1n) is 19.2. The Balaban J connectivity index is 1.11. The maximum absolute atomic E-state index is 10.1. The predicted octanol–water partition coefficient (Wildman–Crippen LogP) is 13.6. The van der Waals surface area contributed by atoms with E-state index in [1.807, 2.05) is 24.3 Å². The Morgan fingerprint density at radius 1 is 0.404 bits per heavy atom. The summed E-state index contributed by atoms with van der Waals surface area (Å²) in [5.41, 5.74) is 11.3. The zero-order valence-electron chi connectivity index (χ0n) is 30.6. The van der Waals surface area contributed by atoms with Crippen LogP contribution in [0.15, 0.2) is 182 Å². The molecular formula is C53H30N4. The number of para-hydroxylation sites is 1. The Bertz CT molecular complexity index is 3500. The summed E-state index contributed by atoms with van der Waals surface area (Å²) in [7, 11) is 0. The molecule has 4 nitrogen and oxygen atoms in total. The van der Waals surface area contributed by atoms with Crippen molar-refractivity contribution in [1.82, 2.24) is 14.5 Å². The van der Waals surface area contributed by atoms with Crippen LogP contribution >= 0.6 is 0 Å². The molecule has 0 fully saturated rings. The van der Waals surface area contributed by atoms with E-state index < -0.39 is 0 Å². The van der Waals surface area contributed by atoms with Crippen LogP contribution in [-0.4, -0.2) is 14.5 Å². The van der Waals surface area contributed by atoms with Gasteiger partial charge in [0.15, 0.2) is 5.82 Å². The van der Waals surface area contributed by atoms with Gasteiger partial charge in [-0.25, -0.2) is 9.97 Å². The van der Waals surface area contributed by atoms with Gasteiger partial charge in [-0.2, -0.15) is 5.26 Å². The molecule has 57 heavy (non-hydrogen) atoms. The zero-order chi connectivity index (χ0) is 37.6. The quantitative estimate of drug-likeness (QED) is 0.166. The van der Waals surface area contributed by atoms with Crippen molar-refractivity contribution >= 4 is 64.9 Å². The molecule has 0 saturated heterocycles. The number of rotatable bonds is 5. The molecule has 262 valence electrons. The topological polar surface area (TPSA) is 54.5 Å². The van der Waals surface area contributed by atoms with Gasteiger partial charge in [0.05, 0.1) is 34.1 Å². The van der Waals surface area contributed by atoms with E-state index in [1.165, 1.54) is 48.8 Å². The minimum absolute atomic E-state index is 0.689. The average molecular weight is 723 g/mol. The number of nitriles is 1. The zero-order valence-corrected chi connectivity index (χ0v) is 30.6. The van der Waals surface area contributed by atoms with Crippen LogP contribution in [0.1, 0.15) is 5.56 Å². The van der Waals surface area contributed by atoms with Crippen molar-refractivity contribution in [3.05, 3.63) is 188 Å². The molecule has 0 aliphatic carbocycles. The van der Waals surface area contributed by atoms with Crippen molar-refractivity contribution in [3.8, 4) is 56.8 Å². The molecule has 10 aromatic carbocycles. The Morgan fingerprint density at radius 2 is 0.860 bits per heavy atom. The Labute approximate surface area is 327 Å². The smallest absolute Gasteiger partial charge is 0.161 e. The SMILES string of the molecule is N#Cc1ccc2c3c1ccc1c(-c4ccc5ccc6c(-c7nc(-c8ccccc8)cc(-c8ccccc8)n7)ccc7ccc4c5c76)ccc(c13)n2-c1ccccc1. The van der Waals surface area contributed by atoms with Crippen molar-refractivity contribution in [2.24, 2.45) is 0 Å². The van der Waals surface area contributed by atoms with Crippen molar-refractivity contribution in [2.45, 2.75) is 0 Å². The van der Waals surface area contributed by atoms with Gasteiger partial charge in [-0.3, -0.25) is 0 Å². The minimum atomic E-state index is 0.689. The molecule has 12 rings (SSSR count). The van der Waals surface area contributed by atoms with Gasteiger partial charge in [0.2, 0.25) is 0 Å². The van der Waals surface area contributed by atoms with Crippen molar-refractivity contribution < 1.29 is 0 Å². The van der Waals surface area contributed by atoms with Gasteiger partial charge in [-0.15, -0.1) is 0 Å². The molecule has 0 aliphatic heterocycles. The maximum atomic E-state index is 10.1. The van der Waals surface area contributed by atoms with Crippen molar-refractivity contribution in [2.75, 3.05) is 0 Å². The molecule has 2 heterocycles. The summed E-state index contributed by atoms with van der Waals surface area (Å²) in [6.07, 6.45) is 0. The molecule has 0 atom stereocenters. The predicted molar refractivity (Wildman–Crippen MR) is 235 cm³/mol. The second-order valence-electron chi connectivity index (χ2n) is 14.8. The van der Waals surface area contributed by atoms with E-state index in [9.17, 15) is 5.26 Å². The molecule has 0 amide bonds. The van der Waals surface area contributed by atoms with E-state index in [4.69, 9.17) is 9.97 Å². The molecule has 4 heteroatoms. The summed E-state index contributed by atoms with van der Waals surface area (Å²) in [6, 6.07) is 66.7. The third-order valence-electron chi connectivity index (χ3n) is 11.8. The number of nitrogens with zero attached hydrogens (tertiary/aromatic N) is 4. The van der Waals surface area contributed by atoms with E-state index in [0.29, 0.717) is 11.4 Å². The summed E-state index contributed by atoms with van der Waals surface area (Å²) in [6.45, 7) is 0. The van der Waals surface area contributed by atoms with Crippen LogP contribution in [-0.2, 0) is 0 Å². The summed E-state index contributed by atoms with van der Waals surface area (Å²) in [5.74, 6) is 0.704. The second-order valence-corrected chi connectivity index (χ2v) is 14.8. The number of hydrogen-bond acceptors (Lipinski definition) is 3. The first kappa shape index (κ1) is 31.5. The van der Waals surface area contributed by atoms with E-state index in [2.05, 4.69) is 168 Å². The summed E-state index contributed by atoms with van der Waals surface area (Å²) in [5, 5.41) is 21.8. The van der Waals surface area contributed by atoms with Gasteiger partial charge < -0.3 is 4.57 Å². The number of aromatic nitrogens is 3. The van der Waals surface area contributed by atoms with Crippen molar-refractivity contribution in [1.29, 1.82) is 5.26 Å². The summed E-state index contributed by atoms with van der Waals surface area (Å²) >= 11 is 0. The number of benzene rings is 10. The van der Waals surface area contributed by atoms with E-state index in [1.54, 1.807) is 0 Å². The van der Waals surface area contributed by atoms with Gasteiger partial charge >= 0.3 is 0 Å². The van der Waals surface area contributed by atoms with Crippen LogP contribution in [0.5, 0.6) is 0 Å². The normalized spacial score (nSPS) is 11.8. The molecule has 0 saturated carbocycles. The largest absolute Gasteiger partial charge is 0.309 e. The van der Waals surface area contributed by atoms with Crippen LogP contribution in [0.3, 0.4) is 0 Å². The lowest BCUT2D eigenvalue weighted by Gasteiger charge is -2.17. The molecule has 12 aromatic rings. The fourth-order valence-electron chi connectivity index (χ4n) is 9.26. The molecule has 0 N–H and O–H groups in total. The average Bonchev–Trinajstić information content (AvgIpc) is 3.63. The highest BCUT2D eigenvalue weighted by Crippen LogP contribution is 2.47. The maximum Gasteiger partial charge on any atom is 0.161 e. The Morgan fingerprint density at radius 3 is 1.47 bits per heavy atom. The highest BCUT2D eigenvalue weighted by atomic mass is 15.0. The van der Waals surface area contributed by atoms with E-state index in [0.717, 1.165) is 61.0 Å². The van der Waals surface area contributed by atoms with Gasteiger partial charge in [0.25, 0.3) is 0 Å². The fraction of sp³-hybridized carbons (Fsp3) is 0. The molecule has 0 radical (unpaired) electrons. The van der Waals surface area contributed by atoms with E-state index in [-0.39, 0.29) is 0 Å². The number of hydrogen-bond donors (Lipinski definition) is 0. The van der Waals surface area contributed by atoms with Gasteiger partial charge in [0, 0.05) is 38.5 Å².